The van der Waals surface area contributed by atoms with Gasteiger partial charge in [-0.2, -0.15) is 0 Å². The zero-order valence-electron chi connectivity index (χ0n) is 12.6. The van der Waals surface area contributed by atoms with Gasteiger partial charge in [0.25, 0.3) is 0 Å². The molecule has 0 saturated carbocycles. The zero-order chi connectivity index (χ0) is 15.4. The number of para-hydroxylation sites is 1. The van der Waals surface area contributed by atoms with Crippen LogP contribution >= 0.6 is 0 Å². The maximum absolute atomic E-state index is 12.6. The molecule has 0 aromatic heterocycles. The van der Waals surface area contributed by atoms with Crippen molar-refractivity contribution in [2.45, 2.75) is 39.3 Å². The van der Waals surface area contributed by atoms with Gasteiger partial charge in [-0.3, -0.25) is 14.5 Å². The van der Waals surface area contributed by atoms with E-state index in [4.69, 9.17) is 5.73 Å². The van der Waals surface area contributed by atoms with E-state index in [9.17, 15) is 9.59 Å². The Hall–Kier alpha value is -1.88. The van der Waals surface area contributed by atoms with Gasteiger partial charge in [0, 0.05) is 25.2 Å². The fourth-order valence-electron chi connectivity index (χ4n) is 2.78. The second-order valence-corrected chi connectivity index (χ2v) is 5.66. The third-order valence-corrected chi connectivity index (χ3v) is 4.14. The molecule has 0 aliphatic carbocycles. The highest BCUT2D eigenvalue weighted by Crippen LogP contribution is 2.27. The Morgan fingerprint density at radius 3 is 2.86 bits per heavy atom. The first kappa shape index (κ1) is 15.5. The quantitative estimate of drug-likeness (QED) is 0.867. The highest BCUT2D eigenvalue weighted by atomic mass is 16.2. The average Bonchev–Trinajstić information content (AvgIpc) is 2.59. The summed E-state index contributed by atoms with van der Waals surface area (Å²) >= 11 is 0. The standard InChI is InChI=1S/C16H23N3O2/c1-3-11(2)15-16(21)18-13-7-5-4-6-12(13)10-19(15)9-8-14(17)20/h4-7,11,15H,3,8-10H2,1-2H3,(H2,17,20)(H,18,21). The van der Waals surface area contributed by atoms with Crippen LogP contribution in [0.5, 0.6) is 0 Å². The van der Waals surface area contributed by atoms with Gasteiger partial charge in [0.05, 0.1) is 6.04 Å². The van der Waals surface area contributed by atoms with Crippen LogP contribution in [0.4, 0.5) is 5.69 Å². The molecular weight excluding hydrogens is 266 g/mol. The molecule has 1 aliphatic rings. The molecule has 114 valence electrons. The number of hydrogen-bond donors (Lipinski definition) is 2. The Labute approximate surface area is 125 Å². The molecule has 0 saturated heterocycles. The summed E-state index contributed by atoms with van der Waals surface area (Å²) < 4.78 is 0. The topological polar surface area (TPSA) is 75.4 Å². The number of nitrogens with two attached hydrogens (primary N) is 1. The van der Waals surface area contributed by atoms with Crippen LogP contribution in [0.3, 0.4) is 0 Å². The molecule has 1 aromatic rings. The van der Waals surface area contributed by atoms with Crippen LogP contribution in [0.25, 0.3) is 0 Å². The minimum atomic E-state index is -0.337. The summed E-state index contributed by atoms with van der Waals surface area (Å²) in [6, 6.07) is 7.56. The molecule has 5 heteroatoms. The first-order valence-electron chi connectivity index (χ1n) is 7.44. The van der Waals surface area contributed by atoms with Gasteiger partial charge >= 0.3 is 0 Å². The molecular formula is C16H23N3O2. The van der Waals surface area contributed by atoms with Crippen LogP contribution in [0.15, 0.2) is 24.3 Å². The summed E-state index contributed by atoms with van der Waals surface area (Å²) in [5.41, 5.74) is 7.20. The average molecular weight is 289 g/mol. The molecule has 3 N–H and O–H groups in total. The van der Waals surface area contributed by atoms with Crippen LogP contribution in [0, 0.1) is 5.92 Å². The molecule has 0 spiro atoms. The zero-order valence-corrected chi connectivity index (χ0v) is 12.6. The number of amides is 2. The predicted molar refractivity (Wildman–Crippen MR) is 82.5 cm³/mol. The number of benzene rings is 1. The summed E-state index contributed by atoms with van der Waals surface area (Å²) in [4.78, 5) is 25.7. The van der Waals surface area contributed by atoms with Gasteiger partial charge in [-0.05, 0) is 17.5 Å². The van der Waals surface area contributed by atoms with Gasteiger partial charge in [-0.1, -0.05) is 38.5 Å². The van der Waals surface area contributed by atoms with E-state index in [0.29, 0.717) is 13.1 Å². The molecule has 21 heavy (non-hydrogen) atoms. The SMILES string of the molecule is CCC(C)C1C(=O)Nc2ccccc2CN1CCC(N)=O. The lowest BCUT2D eigenvalue weighted by atomic mass is 9.96. The highest BCUT2D eigenvalue weighted by molar-refractivity contribution is 5.96. The molecule has 2 rings (SSSR count). The van der Waals surface area contributed by atoms with E-state index < -0.39 is 0 Å². The van der Waals surface area contributed by atoms with Crippen molar-refractivity contribution in [2.24, 2.45) is 11.7 Å². The predicted octanol–water partition coefficient (Wildman–Crippen LogP) is 1.73. The molecule has 1 heterocycles. The van der Waals surface area contributed by atoms with E-state index in [1.807, 2.05) is 24.3 Å². The van der Waals surface area contributed by atoms with Crippen molar-refractivity contribution in [3.63, 3.8) is 0 Å². The van der Waals surface area contributed by atoms with E-state index in [2.05, 4.69) is 24.1 Å². The highest BCUT2D eigenvalue weighted by Gasteiger charge is 2.33. The number of nitrogens with one attached hydrogen (secondary N) is 1. The third-order valence-electron chi connectivity index (χ3n) is 4.14. The second kappa shape index (κ2) is 6.72. The lowest BCUT2D eigenvalue weighted by molar-refractivity contribution is -0.124. The Kier molecular flexibility index (Phi) is 4.96. The minimum Gasteiger partial charge on any atom is -0.370 e. The Morgan fingerprint density at radius 1 is 1.48 bits per heavy atom. The van der Waals surface area contributed by atoms with Crippen molar-refractivity contribution in [3.8, 4) is 0 Å². The van der Waals surface area contributed by atoms with Crippen molar-refractivity contribution in [1.82, 2.24) is 4.90 Å². The van der Waals surface area contributed by atoms with Gasteiger partial charge < -0.3 is 11.1 Å². The number of hydrogen-bond acceptors (Lipinski definition) is 3. The monoisotopic (exact) mass is 289 g/mol. The van der Waals surface area contributed by atoms with Gasteiger partial charge in [-0.15, -0.1) is 0 Å². The van der Waals surface area contributed by atoms with Crippen LogP contribution in [-0.2, 0) is 16.1 Å². The van der Waals surface area contributed by atoms with Crippen molar-refractivity contribution < 1.29 is 9.59 Å². The third kappa shape index (κ3) is 3.61. The van der Waals surface area contributed by atoms with Gasteiger partial charge in [0.2, 0.25) is 11.8 Å². The lowest BCUT2D eigenvalue weighted by Gasteiger charge is -2.32. The number of carbonyl (C=O) groups excluding carboxylic acids is 2. The number of anilines is 1. The number of rotatable bonds is 5. The van der Waals surface area contributed by atoms with Gasteiger partial charge in [0.1, 0.15) is 0 Å². The molecule has 2 amide bonds. The van der Waals surface area contributed by atoms with E-state index in [0.717, 1.165) is 17.7 Å². The number of fused-ring (bicyclic) bond motifs is 1. The molecule has 0 fully saturated rings. The van der Waals surface area contributed by atoms with E-state index >= 15 is 0 Å². The molecule has 0 bridgehead atoms. The second-order valence-electron chi connectivity index (χ2n) is 5.66. The summed E-state index contributed by atoms with van der Waals surface area (Å²) in [7, 11) is 0. The summed E-state index contributed by atoms with van der Waals surface area (Å²) in [6.45, 7) is 5.29. The largest absolute Gasteiger partial charge is 0.370 e. The lowest BCUT2D eigenvalue weighted by Crippen LogP contribution is -2.47. The summed E-state index contributed by atoms with van der Waals surface area (Å²) in [5.74, 6) is -0.123. The molecule has 2 atom stereocenters. The number of carbonyl (C=O) groups is 2. The van der Waals surface area contributed by atoms with Crippen LogP contribution < -0.4 is 11.1 Å². The molecule has 2 unspecified atom stereocenters. The minimum absolute atomic E-state index is 0.00114. The normalized spacial score (nSPS) is 20.3. The Balaban J connectivity index is 2.30. The maximum atomic E-state index is 12.6. The van der Waals surface area contributed by atoms with Crippen molar-refractivity contribution in [3.05, 3.63) is 29.8 Å². The molecule has 5 nitrogen and oxygen atoms in total. The van der Waals surface area contributed by atoms with Crippen LogP contribution in [0.2, 0.25) is 0 Å². The van der Waals surface area contributed by atoms with E-state index in [1.54, 1.807) is 0 Å². The van der Waals surface area contributed by atoms with Crippen molar-refractivity contribution in [2.75, 3.05) is 11.9 Å². The van der Waals surface area contributed by atoms with E-state index in [1.165, 1.54) is 0 Å². The summed E-state index contributed by atoms with van der Waals surface area (Å²) in [6.07, 6.45) is 1.17. The first-order chi connectivity index (χ1) is 10.0. The van der Waals surface area contributed by atoms with E-state index in [-0.39, 0.29) is 30.2 Å². The fraction of sp³-hybridized carbons (Fsp3) is 0.500. The fourth-order valence-corrected chi connectivity index (χ4v) is 2.78. The Morgan fingerprint density at radius 2 is 2.19 bits per heavy atom. The van der Waals surface area contributed by atoms with Crippen molar-refractivity contribution >= 4 is 17.5 Å². The first-order valence-corrected chi connectivity index (χ1v) is 7.44. The number of primary amides is 1. The molecule has 0 radical (unpaired) electrons. The van der Waals surface area contributed by atoms with Gasteiger partial charge in [-0.25, -0.2) is 0 Å². The van der Waals surface area contributed by atoms with Crippen molar-refractivity contribution in [1.29, 1.82) is 0 Å². The van der Waals surface area contributed by atoms with Gasteiger partial charge in [0.15, 0.2) is 0 Å². The maximum Gasteiger partial charge on any atom is 0.242 e. The van der Waals surface area contributed by atoms with Crippen LogP contribution in [-0.4, -0.2) is 29.3 Å². The smallest absolute Gasteiger partial charge is 0.242 e. The molecule has 1 aliphatic heterocycles. The summed E-state index contributed by atoms with van der Waals surface area (Å²) in [5, 5.41) is 3.01. The Bertz CT molecular complexity index is 530. The van der Waals surface area contributed by atoms with Crippen LogP contribution in [0.1, 0.15) is 32.3 Å². The number of nitrogens with zero attached hydrogens (tertiary/aromatic N) is 1. The molecule has 1 aromatic carbocycles.